The molecule has 42 heavy (non-hydrogen) atoms. The molecule has 0 aromatic heterocycles. The molecule has 5 rings (SSSR count). The molecule has 1 saturated heterocycles. The van der Waals surface area contributed by atoms with Crippen molar-refractivity contribution in [2.24, 2.45) is 5.92 Å². The average Bonchev–Trinajstić information content (AvgIpc) is 3.31. The van der Waals surface area contributed by atoms with E-state index in [1.807, 2.05) is 79.8 Å². The zero-order valence-electron chi connectivity index (χ0n) is 24.7. The predicted octanol–water partition coefficient (Wildman–Crippen LogP) is 5.22. The Morgan fingerprint density at radius 1 is 1.00 bits per heavy atom. The van der Waals surface area contributed by atoms with Gasteiger partial charge in [-0.1, -0.05) is 61.5 Å². The van der Waals surface area contributed by atoms with E-state index in [1.54, 1.807) is 9.80 Å². The van der Waals surface area contributed by atoms with Gasteiger partial charge in [-0.3, -0.25) is 14.5 Å². The molecule has 0 saturated carbocycles. The summed E-state index contributed by atoms with van der Waals surface area (Å²) in [5.74, 6) is 0.0661. The molecule has 0 unspecified atom stereocenters. The van der Waals surface area contributed by atoms with Crippen LogP contribution >= 0.6 is 0 Å². The lowest BCUT2D eigenvalue weighted by atomic mass is 9.93. The number of anilines is 2. The lowest BCUT2D eigenvalue weighted by Crippen LogP contribution is -2.48. The normalized spacial score (nSPS) is 23.8. The van der Waals surface area contributed by atoms with E-state index in [0.717, 1.165) is 41.8 Å². The molecule has 8 heteroatoms. The number of aryl methyl sites for hydroxylation is 1. The molecule has 3 aromatic carbocycles. The van der Waals surface area contributed by atoms with Gasteiger partial charge in [0.1, 0.15) is 0 Å². The molecular weight excluding hydrogens is 544 g/mol. The largest absolute Gasteiger partial charge is 0.432 e. The molecule has 2 N–H and O–H groups in total. The number of nitrogens with zero attached hydrogens (tertiary/aromatic N) is 2. The second-order valence-corrected chi connectivity index (χ2v) is 16.3. The summed E-state index contributed by atoms with van der Waals surface area (Å²) in [5.41, 5.74) is 4.93. The first kappa shape index (κ1) is 30.2. The summed E-state index contributed by atoms with van der Waals surface area (Å²) in [4.78, 5) is 40.3. The number of para-hydroxylation sites is 1. The molecule has 3 aromatic rings. The fourth-order valence-electron chi connectivity index (χ4n) is 6.97. The van der Waals surface area contributed by atoms with Gasteiger partial charge in [0, 0.05) is 23.5 Å². The van der Waals surface area contributed by atoms with Gasteiger partial charge in [-0.2, -0.15) is 0 Å². The van der Waals surface area contributed by atoms with Gasteiger partial charge in [0.2, 0.25) is 12.3 Å². The summed E-state index contributed by atoms with van der Waals surface area (Å²) in [6.45, 7) is 6.41. The summed E-state index contributed by atoms with van der Waals surface area (Å²) in [7, 11) is -2.66. The first-order chi connectivity index (χ1) is 20.2. The number of benzene rings is 3. The molecule has 7 nitrogen and oxygen atoms in total. The number of hydrogen-bond acceptors (Lipinski definition) is 5. The van der Waals surface area contributed by atoms with Crippen LogP contribution in [0.1, 0.15) is 36.5 Å². The fraction of sp³-hybridized carbons (Fsp3) is 0.412. The van der Waals surface area contributed by atoms with Crippen molar-refractivity contribution in [3.8, 4) is 0 Å². The standard InChI is InChI=1S/C34H42N2O5Si/c1-24-31(17-16-25-10-9-15-29(18-25)36(23-38)28-13-5-4-6-14-28)41-32(34(24)42(2,3)40)20-33(39)35-21-27-12-8-7-11-26(27)19-30(35)22-37/h4-15,18,23-24,30-32,34,37,40H,16-17,19-22H2,1-3H3/t24-,30-,31+,32-,34+/m0/s1. The van der Waals surface area contributed by atoms with Crippen LogP contribution in [0.2, 0.25) is 18.6 Å². The summed E-state index contributed by atoms with van der Waals surface area (Å²) in [6.07, 6.45) is 2.70. The zero-order valence-corrected chi connectivity index (χ0v) is 25.7. The van der Waals surface area contributed by atoms with Crippen LogP contribution in [0.5, 0.6) is 0 Å². The number of hydrogen-bond donors (Lipinski definition) is 2. The van der Waals surface area contributed by atoms with Crippen LogP contribution in [-0.2, 0) is 33.7 Å². The Labute approximate surface area is 249 Å². The number of carbonyl (C=O) groups excluding carboxylic acids is 2. The van der Waals surface area contributed by atoms with Crippen LogP contribution in [0.4, 0.5) is 11.4 Å². The third kappa shape index (κ3) is 6.52. The van der Waals surface area contributed by atoms with Crippen LogP contribution in [0.3, 0.4) is 0 Å². The summed E-state index contributed by atoms with van der Waals surface area (Å²) in [5, 5.41) is 10.1. The van der Waals surface area contributed by atoms with Crippen molar-refractivity contribution in [2.75, 3.05) is 11.5 Å². The average molecular weight is 587 g/mol. The second-order valence-electron chi connectivity index (χ2n) is 12.3. The van der Waals surface area contributed by atoms with Gasteiger partial charge in [0.25, 0.3) is 0 Å². The van der Waals surface area contributed by atoms with Gasteiger partial charge >= 0.3 is 0 Å². The Hall–Kier alpha value is -3.30. The smallest absolute Gasteiger partial charge is 0.225 e. The van der Waals surface area contributed by atoms with Gasteiger partial charge in [-0.15, -0.1) is 0 Å². The third-order valence-corrected chi connectivity index (χ3v) is 11.6. The highest BCUT2D eigenvalue weighted by atomic mass is 28.4. The first-order valence-electron chi connectivity index (χ1n) is 14.9. The summed E-state index contributed by atoms with van der Waals surface area (Å²) >= 11 is 0. The number of ether oxygens (including phenoxy) is 1. The lowest BCUT2D eigenvalue weighted by molar-refractivity contribution is -0.138. The van der Waals surface area contributed by atoms with Crippen molar-refractivity contribution >= 4 is 32.0 Å². The van der Waals surface area contributed by atoms with Crippen LogP contribution in [-0.4, -0.2) is 60.3 Å². The Morgan fingerprint density at radius 3 is 2.38 bits per heavy atom. The Balaban J connectivity index is 1.28. The SMILES string of the molecule is C[C@@H]1[C@@H]([Si](C)(C)O)[C@H](CC(=O)N2Cc3ccccc3C[C@H]2CO)O[C@@H]1CCc1cccc(N(C=O)c2ccccc2)c1. The quantitative estimate of drug-likeness (QED) is 0.251. The Morgan fingerprint density at radius 2 is 1.69 bits per heavy atom. The maximum absolute atomic E-state index is 13.7. The monoisotopic (exact) mass is 586 g/mol. The summed E-state index contributed by atoms with van der Waals surface area (Å²) < 4.78 is 6.60. The van der Waals surface area contributed by atoms with Gasteiger partial charge < -0.3 is 19.5 Å². The fourth-order valence-corrected chi connectivity index (χ4v) is 9.58. The number of carbonyl (C=O) groups is 2. The van der Waals surface area contributed by atoms with E-state index in [4.69, 9.17) is 4.74 Å². The van der Waals surface area contributed by atoms with E-state index in [2.05, 4.69) is 19.1 Å². The van der Waals surface area contributed by atoms with Gasteiger partial charge in [-0.05, 0) is 79.2 Å². The van der Waals surface area contributed by atoms with E-state index >= 15 is 0 Å². The summed E-state index contributed by atoms with van der Waals surface area (Å²) in [6, 6.07) is 25.4. The number of fused-ring (bicyclic) bond motifs is 1. The molecule has 2 amide bonds. The van der Waals surface area contributed by atoms with Crippen LogP contribution < -0.4 is 4.90 Å². The van der Waals surface area contributed by atoms with Crippen molar-refractivity contribution in [1.82, 2.24) is 4.90 Å². The molecular formula is C34H42N2O5Si. The highest BCUT2D eigenvalue weighted by Crippen LogP contribution is 2.46. The van der Waals surface area contributed by atoms with Crippen molar-refractivity contribution < 1.29 is 24.2 Å². The lowest BCUT2D eigenvalue weighted by Gasteiger charge is -2.37. The molecule has 2 aliphatic heterocycles. The van der Waals surface area contributed by atoms with Crippen LogP contribution in [0.15, 0.2) is 78.9 Å². The number of rotatable bonds is 10. The minimum Gasteiger partial charge on any atom is -0.432 e. The van der Waals surface area contributed by atoms with Crippen molar-refractivity contribution in [3.63, 3.8) is 0 Å². The number of amides is 2. The molecule has 0 radical (unpaired) electrons. The number of aliphatic hydroxyl groups excluding tert-OH is 1. The molecule has 0 bridgehead atoms. The van der Waals surface area contributed by atoms with E-state index in [1.165, 1.54) is 5.56 Å². The van der Waals surface area contributed by atoms with Crippen LogP contribution in [0.25, 0.3) is 0 Å². The highest BCUT2D eigenvalue weighted by molar-refractivity contribution is 6.71. The van der Waals surface area contributed by atoms with Crippen molar-refractivity contribution in [1.29, 1.82) is 0 Å². The van der Waals surface area contributed by atoms with Gasteiger partial charge in [0.15, 0.2) is 8.32 Å². The minimum absolute atomic E-state index is 0.0350. The highest BCUT2D eigenvalue weighted by Gasteiger charge is 2.50. The second kappa shape index (κ2) is 12.9. The van der Waals surface area contributed by atoms with Gasteiger partial charge in [-0.25, -0.2) is 0 Å². The van der Waals surface area contributed by atoms with Crippen LogP contribution in [0, 0.1) is 5.92 Å². The molecule has 222 valence electrons. The van der Waals surface area contributed by atoms with E-state index in [9.17, 15) is 19.5 Å². The molecule has 0 aliphatic carbocycles. The minimum atomic E-state index is -2.66. The van der Waals surface area contributed by atoms with E-state index < -0.39 is 8.32 Å². The third-order valence-electron chi connectivity index (χ3n) is 9.03. The molecule has 2 heterocycles. The molecule has 5 atom stereocenters. The number of aliphatic hydroxyl groups is 1. The van der Waals surface area contributed by atoms with E-state index in [-0.39, 0.29) is 48.6 Å². The molecule has 0 spiro atoms. The first-order valence-corrected chi connectivity index (χ1v) is 18.0. The maximum Gasteiger partial charge on any atom is 0.225 e. The molecule has 2 aliphatic rings. The predicted molar refractivity (Wildman–Crippen MR) is 167 cm³/mol. The van der Waals surface area contributed by atoms with Crippen molar-refractivity contribution in [3.05, 3.63) is 95.6 Å². The van der Waals surface area contributed by atoms with Gasteiger partial charge in [0.05, 0.1) is 31.3 Å². The Bertz CT molecular complexity index is 1380. The molecule has 1 fully saturated rings. The van der Waals surface area contributed by atoms with Crippen molar-refractivity contribution in [2.45, 2.75) is 76.0 Å². The maximum atomic E-state index is 13.7. The van der Waals surface area contributed by atoms with E-state index in [0.29, 0.717) is 13.0 Å². The topological polar surface area (TPSA) is 90.3 Å². The Kier molecular flexibility index (Phi) is 9.28. The zero-order chi connectivity index (χ0) is 29.9.